The van der Waals surface area contributed by atoms with Gasteiger partial charge < -0.3 is 5.11 Å². The van der Waals surface area contributed by atoms with Crippen molar-refractivity contribution in [2.45, 2.75) is 18.4 Å². The van der Waals surface area contributed by atoms with Crippen LogP contribution in [0.4, 0.5) is 5.69 Å². The Morgan fingerprint density at radius 2 is 1.76 bits per heavy atom. The van der Waals surface area contributed by atoms with Gasteiger partial charge in [0.25, 0.3) is 10.0 Å². The van der Waals surface area contributed by atoms with Crippen molar-refractivity contribution < 1.29 is 13.5 Å². The first kappa shape index (κ1) is 16.5. The van der Waals surface area contributed by atoms with Crippen LogP contribution in [-0.4, -0.2) is 13.5 Å². The summed E-state index contributed by atoms with van der Waals surface area (Å²) in [6.45, 7) is 1.71. The molecule has 0 aromatic heterocycles. The summed E-state index contributed by atoms with van der Waals surface area (Å²) in [6, 6.07) is 9.84. The van der Waals surface area contributed by atoms with Crippen LogP contribution in [0.2, 0.25) is 0 Å². The Morgan fingerprint density at radius 1 is 1.14 bits per heavy atom. The van der Waals surface area contributed by atoms with E-state index < -0.39 is 10.0 Å². The van der Waals surface area contributed by atoms with E-state index in [2.05, 4.69) is 36.6 Å². The third-order valence-corrected chi connectivity index (χ3v) is 5.41. The van der Waals surface area contributed by atoms with Gasteiger partial charge in [0, 0.05) is 8.95 Å². The predicted molar refractivity (Wildman–Crippen MR) is 89.8 cm³/mol. The molecule has 0 saturated heterocycles. The molecule has 0 saturated carbocycles. The molecule has 2 aromatic rings. The zero-order chi connectivity index (χ0) is 15.6. The van der Waals surface area contributed by atoms with Crippen molar-refractivity contribution in [3.8, 4) is 0 Å². The van der Waals surface area contributed by atoms with E-state index in [0.29, 0.717) is 20.2 Å². The molecule has 7 heteroatoms. The largest absolute Gasteiger partial charge is 0.392 e. The molecule has 2 aromatic carbocycles. The number of benzene rings is 2. The maximum absolute atomic E-state index is 12.4. The maximum atomic E-state index is 12.4. The molecule has 0 amide bonds. The topological polar surface area (TPSA) is 66.4 Å². The van der Waals surface area contributed by atoms with Crippen LogP contribution in [0.5, 0.6) is 0 Å². The van der Waals surface area contributed by atoms with Gasteiger partial charge in [-0.3, -0.25) is 4.72 Å². The molecular weight excluding hydrogens is 422 g/mol. The number of anilines is 1. The highest BCUT2D eigenvalue weighted by Gasteiger charge is 2.18. The fourth-order valence-electron chi connectivity index (χ4n) is 1.80. The molecule has 0 aliphatic rings. The van der Waals surface area contributed by atoms with Crippen LogP contribution in [0.3, 0.4) is 0 Å². The van der Waals surface area contributed by atoms with Gasteiger partial charge in [0.2, 0.25) is 0 Å². The molecular formula is C14H13Br2NO3S. The minimum absolute atomic E-state index is 0.105. The monoisotopic (exact) mass is 433 g/mol. The minimum atomic E-state index is -3.72. The fraction of sp³-hybridized carbons (Fsp3) is 0.143. The summed E-state index contributed by atoms with van der Waals surface area (Å²) in [4.78, 5) is 0.105. The summed E-state index contributed by atoms with van der Waals surface area (Å²) in [7, 11) is -3.72. The van der Waals surface area contributed by atoms with E-state index >= 15 is 0 Å². The summed E-state index contributed by atoms with van der Waals surface area (Å²) in [5, 5.41) is 9.11. The van der Waals surface area contributed by atoms with E-state index in [1.54, 1.807) is 12.1 Å². The predicted octanol–water partition coefficient (Wildman–Crippen LogP) is 3.81. The Labute approximate surface area is 140 Å². The Morgan fingerprint density at radius 3 is 2.33 bits per heavy atom. The van der Waals surface area contributed by atoms with Crippen molar-refractivity contribution in [2.24, 2.45) is 0 Å². The minimum Gasteiger partial charge on any atom is -0.392 e. The first-order valence-corrected chi connectivity index (χ1v) is 9.08. The van der Waals surface area contributed by atoms with E-state index in [4.69, 9.17) is 5.11 Å². The zero-order valence-corrected chi connectivity index (χ0v) is 15.1. The molecule has 2 N–H and O–H groups in total. The normalized spacial score (nSPS) is 11.4. The highest BCUT2D eigenvalue weighted by molar-refractivity contribution is 9.11. The van der Waals surface area contributed by atoms with Crippen molar-refractivity contribution in [1.82, 2.24) is 0 Å². The lowest BCUT2D eigenvalue weighted by Crippen LogP contribution is -2.14. The number of aliphatic hydroxyl groups excluding tert-OH is 1. The molecule has 0 spiro atoms. The van der Waals surface area contributed by atoms with Crippen LogP contribution >= 0.6 is 31.9 Å². The van der Waals surface area contributed by atoms with Crippen LogP contribution in [0.15, 0.2) is 50.2 Å². The van der Waals surface area contributed by atoms with Crippen LogP contribution < -0.4 is 4.72 Å². The number of halogens is 2. The fourth-order valence-corrected chi connectivity index (χ4v) is 4.85. The van der Waals surface area contributed by atoms with Crippen molar-refractivity contribution in [3.05, 3.63) is 56.5 Å². The molecule has 0 fully saturated rings. The smallest absolute Gasteiger partial charge is 0.261 e. The van der Waals surface area contributed by atoms with Gasteiger partial charge in [-0.25, -0.2) is 8.42 Å². The number of hydrogen-bond donors (Lipinski definition) is 2. The van der Waals surface area contributed by atoms with Gasteiger partial charge in [-0.1, -0.05) is 12.1 Å². The maximum Gasteiger partial charge on any atom is 0.261 e. The molecule has 0 aliphatic heterocycles. The Balaban J connectivity index is 2.42. The average molecular weight is 435 g/mol. The average Bonchev–Trinajstić information content (AvgIpc) is 2.43. The van der Waals surface area contributed by atoms with Crippen molar-refractivity contribution in [1.29, 1.82) is 0 Å². The molecule has 0 atom stereocenters. The number of aliphatic hydroxyl groups is 1. The third kappa shape index (κ3) is 3.85. The van der Waals surface area contributed by atoms with Crippen LogP contribution in [-0.2, 0) is 16.6 Å². The number of hydrogen-bond acceptors (Lipinski definition) is 3. The first-order valence-electron chi connectivity index (χ1n) is 6.02. The Hall–Kier alpha value is -0.890. The molecule has 4 nitrogen and oxygen atoms in total. The molecule has 2 rings (SSSR count). The summed E-state index contributed by atoms with van der Waals surface area (Å²) in [6.07, 6.45) is 0. The van der Waals surface area contributed by atoms with Crippen LogP contribution in [0, 0.1) is 6.92 Å². The van der Waals surface area contributed by atoms with E-state index in [-0.39, 0.29) is 11.5 Å². The SMILES string of the molecule is Cc1cc(Br)c(NS(=O)(=O)c2cccc(CO)c2)c(Br)c1. The molecule has 0 unspecified atom stereocenters. The molecule has 0 heterocycles. The second-order valence-corrected chi connectivity index (χ2v) is 7.91. The standard InChI is InChI=1S/C14H13Br2NO3S/c1-9-5-12(15)14(13(16)6-9)17-21(19,20)11-4-2-3-10(7-11)8-18/h2-7,17-18H,8H2,1H3. The van der Waals surface area contributed by atoms with Gasteiger partial charge in [0.05, 0.1) is 17.2 Å². The Bertz CT molecular complexity index is 753. The van der Waals surface area contributed by atoms with Crippen LogP contribution in [0.25, 0.3) is 0 Å². The number of nitrogens with one attached hydrogen (secondary N) is 1. The summed E-state index contributed by atoms with van der Waals surface area (Å²) in [5.41, 5.74) is 1.98. The van der Waals surface area contributed by atoms with Gasteiger partial charge in [0.1, 0.15) is 0 Å². The highest BCUT2D eigenvalue weighted by atomic mass is 79.9. The number of aryl methyl sites for hydroxylation is 1. The van der Waals surface area contributed by atoms with Crippen molar-refractivity contribution in [3.63, 3.8) is 0 Å². The summed E-state index contributed by atoms with van der Waals surface area (Å²) < 4.78 is 28.7. The lowest BCUT2D eigenvalue weighted by atomic mass is 10.2. The number of sulfonamides is 1. The van der Waals surface area contributed by atoms with Gasteiger partial charge in [0.15, 0.2) is 0 Å². The quantitative estimate of drug-likeness (QED) is 0.768. The van der Waals surface area contributed by atoms with Crippen LogP contribution in [0.1, 0.15) is 11.1 Å². The molecule has 0 bridgehead atoms. The van der Waals surface area contributed by atoms with E-state index in [1.807, 2.05) is 19.1 Å². The summed E-state index contributed by atoms with van der Waals surface area (Å²) >= 11 is 6.71. The second-order valence-electron chi connectivity index (χ2n) is 4.51. The lowest BCUT2D eigenvalue weighted by Gasteiger charge is -2.13. The molecule has 112 valence electrons. The van der Waals surface area contributed by atoms with E-state index in [1.165, 1.54) is 12.1 Å². The number of rotatable bonds is 4. The van der Waals surface area contributed by atoms with Gasteiger partial charge >= 0.3 is 0 Å². The molecule has 21 heavy (non-hydrogen) atoms. The first-order chi connectivity index (χ1) is 9.83. The third-order valence-electron chi connectivity index (χ3n) is 2.81. The Kier molecular flexibility index (Phi) is 5.08. The van der Waals surface area contributed by atoms with E-state index in [0.717, 1.165) is 5.56 Å². The van der Waals surface area contributed by atoms with Crippen molar-refractivity contribution >= 4 is 47.6 Å². The highest BCUT2D eigenvalue weighted by Crippen LogP contribution is 2.34. The van der Waals surface area contributed by atoms with Gasteiger partial charge in [-0.2, -0.15) is 0 Å². The molecule has 0 radical (unpaired) electrons. The van der Waals surface area contributed by atoms with Crippen molar-refractivity contribution in [2.75, 3.05) is 4.72 Å². The zero-order valence-electron chi connectivity index (χ0n) is 11.1. The van der Waals surface area contributed by atoms with Gasteiger partial charge in [-0.05, 0) is 74.2 Å². The second kappa shape index (κ2) is 6.48. The summed E-state index contributed by atoms with van der Waals surface area (Å²) in [5.74, 6) is 0. The van der Waals surface area contributed by atoms with Gasteiger partial charge in [-0.15, -0.1) is 0 Å². The molecule has 0 aliphatic carbocycles. The van der Waals surface area contributed by atoms with E-state index in [9.17, 15) is 8.42 Å². The lowest BCUT2D eigenvalue weighted by molar-refractivity contribution is 0.281.